The van der Waals surface area contributed by atoms with Crippen molar-refractivity contribution in [2.75, 3.05) is 0 Å². The van der Waals surface area contributed by atoms with Gasteiger partial charge in [0.05, 0.1) is 0 Å². The Morgan fingerprint density at radius 2 is 1.38 bits per heavy atom. The molecule has 0 spiro atoms. The fourth-order valence-electron chi connectivity index (χ4n) is 3.60. The van der Waals surface area contributed by atoms with E-state index in [1.165, 1.54) is 10.8 Å². The van der Waals surface area contributed by atoms with Crippen LogP contribution < -0.4 is 5.46 Å². The molecule has 5 rings (SSSR count). The van der Waals surface area contributed by atoms with Crippen LogP contribution in [0.1, 0.15) is 0 Å². The molecule has 0 bridgehead atoms. The van der Waals surface area contributed by atoms with E-state index in [0.717, 1.165) is 33.1 Å². The largest absolute Gasteiger partial charge is 0.488 e. The van der Waals surface area contributed by atoms with Gasteiger partial charge < -0.3 is 14.5 Å². The molecule has 3 nitrogen and oxygen atoms in total. The summed E-state index contributed by atoms with van der Waals surface area (Å²) in [4.78, 5) is 0. The van der Waals surface area contributed by atoms with Gasteiger partial charge in [0.2, 0.25) is 0 Å². The molecule has 26 heavy (non-hydrogen) atoms. The Labute approximate surface area is 150 Å². The van der Waals surface area contributed by atoms with E-state index >= 15 is 0 Å². The van der Waals surface area contributed by atoms with Crippen LogP contribution in [0.4, 0.5) is 0 Å². The van der Waals surface area contributed by atoms with Crippen molar-refractivity contribution in [1.29, 1.82) is 0 Å². The summed E-state index contributed by atoms with van der Waals surface area (Å²) in [5.74, 6) is 0. The molecule has 0 radical (unpaired) electrons. The van der Waals surface area contributed by atoms with E-state index in [0.29, 0.717) is 5.46 Å². The molecule has 124 valence electrons. The van der Waals surface area contributed by atoms with Gasteiger partial charge in [-0.1, -0.05) is 60.7 Å². The molecule has 2 N–H and O–H groups in total. The van der Waals surface area contributed by atoms with Gasteiger partial charge >= 0.3 is 7.12 Å². The van der Waals surface area contributed by atoms with Crippen LogP contribution in [0.5, 0.6) is 0 Å². The summed E-state index contributed by atoms with van der Waals surface area (Å²) in [7, 11) is -1.49. The lowest BCUT2D eigenvalue weighted by Gasteiger charge is -2.07. The molecule has 0 unspecified atom stereocenters. The zero-order chi connectivity index (χ0) is 17.7. The lowest BCUT2D eigenvalue weighted by Crippen LogP contribution is -2.29. The highest BCUT2D eigenvalue weighted by Gasteiger charge is 2.15. The van der Waals surface area contributed by atoms with Crippen LogP contribution in [0.3, 0.4) is 0 Å². The van der Waals surface area contributed by atoms with E-state index in [2.05, 4.69) is 42.5 Å². The van der Waals surface area contributed by atoms with Gasteiger partial charge in [0.1, 0.15) is 11.2 Å². The quantitative estimate of drug-likeness (QED) is 0.477. The number of hydrogen-bond donors (Lipinski definition) is 2. The van der Waals surface area contributed by atoms with Gasteiger partial charge in [0.25, 0.3) is 0 Å². The summed E-state index contributed by atoms with van der Waals surface area (Å²) >= 11 is 0. The lowest BCUT2D eigenvalue weighted by molar-refractivity contribution is 0.426. The van der Waals surface area contributed by atoms with Crippen molar-refractivity contribution in [2.24, 2.45) is 0 Å². The van der Waals surface area contributed by atoms with Crippen molar-refractivity contribution < 1.29 is 14.5 Å². The zero-order valence-electron chi connectivity index (χ0n) is 13.9. The zero-order valence-corrected chi connectivity index (χ0v) is 13.9. The Morgan fingerprint density at radius 1 is 0.654 bits per heavy atom. The molecule has 0 aliphatic carbocycles. The van der Waals surface area contributed by atoms with Crippen LogP contribution in [0.2, 0.25) is 0 Å². The summed E-state index contributed by atoms with van der Waals surface area (Å²) in [6.07, 6.45) is 0. The second kappa shape index (κ2) is 5.73. The van der Waals surface area contributed by atoms with Crippen LogP contribution in [0.25, 0.3) is 43.8 Å². The average molecular weight is 338 g/mol. The molecule has 4 heteroatoms. The molecule has 0 fully saturated rings. The Morgan fingerprint density at radius 3 is 2.23 bits per heavy atom. The highest BCUT2D eigenvalue weighted by atomic mass is 16.4. The predicted molar refractivity (Wildman–Crippen MR) is 106 cm³/mol. The van der Waals surface area contributed by atoms with Gasteiger partial charge in [-0.3, -0.25) is 0 Å². The summed E-state index contributed by atoms with van der Waals surface area (Å²) in [6.45, 7) is 0. The molecule has 0 amide bonds. The van der Waals surface area contributed by atoms with Gasteiger partial charge in [-0.25, -0.2) is 0 Å². The topological polar surface area (TPSA) is 53.6 Å². The molecule has 0 saturated heterocycles. The molecule has 1 aromatic heterocycles. The number of rotatable bonds is 2. The van der Waals surface area contributed by atoms with Crippen molar-refractivity contribution in [3.63, 3.8) is 0 Å². The van der Waals surface area contributed by atoms with Crippen molar-refractivity contribution in [3.8, 4) is 11.1 Å². The third-order valence-corrected chi connectivity index (χ3v) is 4.89. The third-order valence-electron chi connectivity index (χ3n) is 4.89. The molecular formula is C22H15BO3. The monoisotopic (exact) mass is 338 g/mol. The van der Waals surface area contributed by atoms with Gasteiger partial charge in [-0.15, -0.1) is 0 Å². The predicted octanol–water partition coefficient (Wildman–Crippen LogP) is 4.09. The van der Waals surface area contributed by atoms with Gasteiger partial charge in [0, 0.05) is 10.8 Å². The van der Waals surface area contributed by atoms with E-state index in [4.69, 9.17) is 4.42 Å². The molecule has 5 aromatic rings. The van der Waals surface area contributed by atoms with Gasteiger partial charge in [-0.2, -0.15) is 0 Å². The Kier molecular flexibility index (Phi) is 3.35. The fourth-order valence-corrected chi connectivity index (χ4v) is 3.60. The molecule has 0 aliphatic heterocycles. The van der Waals surface area contributed by atoms with Crippen molar-refractivity contribution in [2.45, 2.75) is 0 Å². The first-order valence-electron chi connectivity index (χ1n) is 8.51. The first kappa shape index (κ1) is 15.2. The Balaban J connectivity index is 1.79. The second-order valence-corrected chi connectivity index (χ2v) is 6.47. The minimum absolute atomic E-state index is 0.454. The van der Waals surface area contributed by atoms with Crippen LogP contribution in [0, 0.1) is 0 Å². The van der Waals surface area contributed by atoms with Crippen molar-refractivity contribution in [1.82, 2.24) is 0 Å². The molecule has 0 atom stereocenters. The Hall–Kier alpha value is -3.08. The first-order valence-corrected chi connectivity index (χ1v) is 8.51. The molecular weight excluding hydrogens is 323 g/mol. The molecule has 1 heterocycles. The smallest absolute Gasteiger partial charge is 0.456 e. The van der Waals surface area contributed by atoms with Crippen LogP contribution in [-0.2, 0) is 0 Å². The summed E-state index contributed by atoms with van der Waals surface area (Å²) in [6, 6.07) is 26.0. The maximum atomic E-state index is 9.47. The van der Waals surface area contributed by atoms with E-state index in [1.807, 2.05) is 18.2 Å². The highest BCUT2D eigenvalue weighted by Crippen LogP contribution is 2.34. The van der Waals surface area contributed by atoms with Crippen molar-refractivity contribution >= 4 is 45.3 Å². The number of furan rings is 1. The van der Waals surface area contributed by atoms with E-state index in [1.54, 1.807) is 18.2 Å². The third kappa shape index (κ3) is 2.31. The SMILES string of the molecule is OB(O)c1ccc2oc3ccc(-c4cccc5ccccc45)cc3c2c1. The van der Waals surface area contributed by atoms with E-state index in [9.17, 15) is 10.0 Å². The molecule has 0 saturated carbocycles. The normalized spacial score (nSPS) is 11.5. The highest BCUT2D eigenvalue weighted by molar-refractivity contribution is 6.59. The number of benzene rings is 4. The number of hydrogen-bond acceptors (Lipinski definition) is 3. The summed E-state index contributed by atoms with van der Waals surface area (Å²) in [5, 5.41) is 23.2. The van der Waals surface area contributed by atoms with Crippen molar-refractivity contribution in [3.05, 3.63) is 78.9 Å². The fraction of sp³-hybridized carbons (Fsp3) is 0. The Bertz CT molecular complexity index is 1270. The maximum absolute atomic E-state index is 9.47. The van der Waals surface area contributed by atoms with Crippen LogP contribution in [-0.4, -0.2) is 17.2 Å². The van der Waals surface area contributed by atoms with E-state index in [-0.39, 0.29) is 0 Å². The van der Waals surface area contributed by atoms with Crippen LogP contribution in [0.15, 0.2) is 83.3 Å². The van der Waals surface area contributed by atoms with Gasteiger partial charge in [-0.05, 0) is 45.6 Å². The first-order chi connectivity index (χ1) is 12.7. The summed E-state index contributed by atoms with van der Waals surface area (Å²) < 4.78 is 5.90. The standard InChI is InChI=1S/C22H15BO3/c24-23(25)16-9-11-22-20(13-16)19-12-15(8-10-21(19)26-22)18-7-3-5-14-4-1-2-6-17(14)18/h1-13,24-25H. The average Bonchev–Trinajstić information content (AvgIpc) is 3.04. The molecule has 0 aliphatic rings. The van der Waals surface area contributed by atoms with Gasteiger partial charge in [0.15, 0.2) is 0 Å². The maximum Gasteiger partial charge on any atom is 0.488 e. The number of fused-ring (bicyclic) bond motifs is 4. The van der Waals surface area contributed by atoms with E-state index < -0.39 is 7.12 Å². The minimum atomic E-state index is -1.49. The lowest BCUT2D eigenvalue weighted by atomic mass is 9.80. The summed E-state index contributed by atoms with van der Waals surface area (Å²) in [5.41, 5.74) is 4.24. The second-order valence-electron chi connectivity index (χ2n) is 6.47. The van der Waals surface area contributed by atoms with Crippen LogP contribution >= 0.6 is 0 Å². The molecule has 4 aromatic carbocycles. The minimum Gasteiger partial charge on any atom is -0.456 e.